The number of hydrogen-bond donors (Lipinski definition) is 3. The van der Waals surface area contributed by atoms with E-state index < -0.39 is 24.6 Å². The van der Waals surface area contributed by atoms with Crippen LogP contribution in [0, 0.1) is 0 Å². The lowest BCUT2D eigenvalue weighted by atomic mass is 10.1. The van der Waals surface area contributed by atoms with Gasteiger partial charge < -0.3 is 24.8 Å². The Labute approximate surface area is 76.9 Å². The van der Waals surface area contributed by atoms with Crippen molar-refractivity contribution in [1.29, 1.82) is 0 Å². The second-order valence-electron chi connectivity index (χ2n) is 3.08. The van der Waals surface area contributed by atoms with Crippen molar-refractivity contribution in [3.63, 3.8) is 0 Å². The van der Waals surface area contributed by atoms with Gasteiger partial charge in [-0.25, -0.2) is 0 Å². The fourth-order valence-electron chi connectivity index (χ4n) is 1.24. The summed E-state index contributed by atoms with van der Waals surface area (Å²) in [5, 5.41) is 27.4. The Bertz CT molecular complexity index is 151. The number of aliphatic hydroxyl groups is 3. The molecule has 13 heavy (non-hydrogen) atoms. The summed E-state index contributed by atoms with van der Waals surface area (Å²) in [5.41, 5.74) is 0. The highest BCUT2D eigenvalue weighted by molar-refractivity contribution is 4.85. The first-order chi connectivity index (χ1) is 6.20. The van der Waals surface area contributed by atoms with Crippen LogP contribution in [0.15, 0.2) is 0 Å². The highest BCUT2D eigenvalue weighted by atomic mass is 16.7. The first-order valence-corrected chi connectivity index (χ1v) is 4.44. The average molecular weight is 192 g/mol. The van der Waals surface area contributed by atoms with E-state index >= 15 is 0 Å². The van der Waals surface area contributed by atoms with Crippen LogP contribution < -0.4 is 0 Å². The zero-order chi connectivity index (χ0) is 9.84. The van der Waals surface area contributed by atoms with Gasteiger partial charge in [0.05, 0.1) is 6.61 Å². The van der Waals surface area contributed by atoms with Gasteiger partial charge in [-0.2, -0.15) is 0 Å². The highest BCUT2D eigenvalue weighted by Gasteiger charge is 2.42. The third-order valence-corrected chi connectivity index (χ3v) is 1.98. The third kappa shape index (κ3) is 2.38. The Kier molecular flexibility index (Phi) is 4.08. The second-order valence-corrected chi connectivity index (χ2v) is 3.08. The zero-order valence-corrected chi connectivity index (χ0v) is 7.59. The maximum atomic E-state index is 9.37. The Balaban J connectivity index is 2.40. The summed E-state index contributed by atoms with van der Waals surface area (Å²) < 4.78 is 10.2. The van der Waals surface area contributed by atoms with Gasteiger partial charge in [-0.05, 0) is 6.42 Å². The van der Waals surface area contributed by atoms with Crippen LogP contribution in [0.3, 0.4) is 0 Å². The van der Waals surface area contributed by atoms with Crippen molar-refractivity contribution in [2.75, 3.05) is 13.2 Å². The smallest absolute Gasteiger partial charge is 0.186 e. The molecule has 78 valence electrons. The number of hydrogen-bond acceptors (Lipinski definition) is 5. The van der Waals surface area contributed by atoms with Gasteiger partial charge in [-0.3, -0.25) is 0 Å². The standard InChI is InChI=1S/C8H16O5/c1-2-3-12-8-7(11)6(10)5(4-9)13-8/h5-11H,2-4H2,1H3/t5-,6-,7+,8?/m1/s1. The van der Waals surface area contributed by atoms with Crippen molar-refractivity contribution in [2.24, 2.45) is 0 Å². The lowest BCUT2D eigenvalue weighted by molar-refractivity contribution is -0.169. The maximum Gasteiger partial charge on any atom is 0.186 e. The molecule has 1 aliphatic heterocycles. The van der Waals surface area contributed by atoms with E-state index in [1.165, 1.54) is 0 Å². The molecule has 1 fully saturated rings. The predicted octanol–water partition coefficient (Wildman–Crippen LogP) is -1.15. The molecular formula is C8H16O5. The van der Waals surface area contributed by atoms with Crippen molar-refractivity contribution in [3.05, 3.63) is 0 Å². The van der Waals surface area contributed by atoms with E-state index in [0.29, 0.717) is 6.61 Å². The minimum Gasteiger partial charge on any atom is -0.394 e. The van der Waals surface area contributed by atoms with E-state index in [1.807, 2.05) is 6.92 Å². The van der Waals surface area contributed by atoms with E-state index in [1.54, 1.807) is 0 Å². The van der Waals surface area contributed by atoms with Gasteiger partial charge >= 0.3 is 0 Å². The Morgan fingerprint density at radius 1 is 1.31 bits per heavy atom. The van der Waals surface area contributed by atoms with Crippen molar-refractivity contribution < 1.29 is 24.8 Å². The molecule has 0 spiro atoms. The third-order valence-electron chi connectivity index (χ3n) is 1.98. The normalized spacial score (nSPS) is 39.7. The Morgan fingerprint density at radius 2 is 2.00 bits per heavy atom. The lowest BCUT2D eigenvalue weighted by Crippen LogP contribution is -2.34. The van der Waals surface area contributed by atoms with Gasteiger partial charge in [-0.15, -0.1) is 0 Å². The van der Waals surface area contributed by atoms with Crippen LogP contribution >= 0.6 is 0 Å². The summed E-state index contributed by atoms with van der Waals surface area (Å²) in [5.74, 6) is 0. The molecule has 0 aromatic heterocycles. The predicted molar refractivity (Wildman–Crippen MR) is 44.0 cm³/mol. The molecule has 0 amide bonds. The van der Waals surface area contributed by atoms with E-state index in [4.69, 9.17) is 14.6 Å². The van der Waals surface area contributed by atoms with Crippen LogP contribution in [-0.2, 0) is 9.47 Å². The summed E-state index contributed by atoms with van der Waals surface area (Å²) in [7, 11) is 0. The van der Waals surface area contributed by atoms with Crippen LogP contribution in [-0.4, -0.2) is 53.1 Å². The van der Waals surface area contributed by atoms with Crippen molar-refractivity contribution in [2.45, 2.75) is 37.9 Å². The molecule has 1 heterocycles. The van der Waals surface area contributed by atoms with Gasteiger partial charge in [0, 0.05) is 6.61 Å². The highest BCUT2D eigenvalue weighted by Crippen LogP contribution is 2.21. The number of rotatable bonds is 4. The average Bonchev–Trinajstić information content (AvgIpc) is 2.41. The number of aliphatic hydroxyl groups excluding tert-OH is 3. The first-order valence-electron chi connectivity index (χ1n) is 4.44. The van der Waals surface area contributed by atoms with Crippen LogP contribution in [0.2, 0.25) is 0 Å². The van der Waals surface area contributed by atoms with Crippen molar-refractivity contribution in [1.82, 2.24) is 0 Å². The van der Waals surface area contributed by atoms with E-state index in [9.17, 15) is 10.2 Å². The van der Waals surface area contributed by atoms with Gasteiger partial charge in [0.2, 0.25) is 0 Å². The fraction of sp³-hybridized carbons (Fsp3) is 1.00. The monoisotopic (exact) mass is 192 g/mol. The molecule has 0 aromatic carbocycles. The molecule has 1 aliphatic rings. The molecule has 0 bridgehead atoms. The quantitative estimate of drug-likeness (QED) is 0.524. The minimum atomic E-state index is -1.07. The second kappa shape index (κ2) is 4.88. The Hall–Kier alpha value is -0.200. The van der Waals surface area contributed by atoms with E-state index in [0.717, 1.165) is 6.42 Å². The van der Waals surface area contributed by atoms with Crippen LogP contribution in [0.1, 0.15) is 13.3 Å². The van der Waals surface area contributed by atoms with Crippen LogP contribution in [0.25, 0.3) is 0 Å². The molecule has 5 heteroatoms. The molecule has 0 radical (unpaired) electrons. The molecule has 0 saturated carbocycles. The first kappa shape index (κ1) is 10.9. The topological polar surface area (TPSA) is 79.2 Å². The molecule has 1 rings (SSSR count). The van der Waals surface area contributed by atoms with Crippen LogP contribution in [0.5, 0.6) is 0 Å². The van der Waals surface area contributed by atoms with Gasteiger partial charge in [-0.1, -0.05) is 6.92 Å². The minimum absolute atomic E-state index is 0.315. The summed E-state index contributed by atoms with van der Waals surface area (Å²) in [6, 6.07) is 0. The number of ether oxygens (including phenoxy) is 2. The molecule has 1 unspecified atom stereocenters. The lowest BCUT2D eigenvalue weighted by Gasteiger charge is -2.14. The molecule has 1 saturated heterocycles. The summed E-state index contributed by atoms with van der Waals surface area (Å²) >= 11 is 0. The Morgan fingerprint density at radius 3 is 2.46 bits per heavy atom. The molecule has 0 aliphatic carbocycles. The molecule has 3 N–H and O–H groups in total. The summed E-state index contributed by atoms with van der Waals surface area (Å²) in [6.07, 6.45) is -2.87. The van der Waals surface area contributed by atoms with Crippen molar-refractivity contribution in [3.8, 4) is 0 Å². The van der Waals surface area contributed by atoms with Crippen molar-refractivity contribution >= 4 is 0 Å². The van der Waals surface area contributed by atoms with Gasteiger partial charge in [0.25, 0.3) is 0 Å². The summed E-state index contributed by atoms with van der Waals surface area (Å²) in [6.45, 7) is 2.08. The largest absolute Gasteiger partial charge is 0.394 e. The fourth-order valence-corrected chi connectivity index (χ4v) is 1.24. The molecule has 0 aromatic rings. The molecule has 5 nitrogen and oxygen atoms in total. The van der Waals surface area contributed by atoms with Crippen LogP contribution in [0.4, 0.5) is 0 Å². The molecular weight excluding hydrogens is 176 g/mol. The zero-order valence-electron chi connectivity index (χ0n) is 7.59. The molecule has 4 atom stereocenters. The maximum absolute atomic E-state index is 9.37. The van der Waals surface area contributed by atoms with Gasteiger partial charge in [0.15, 0.2) is 6.29 Å². The summed E-state index contributed by atoms with van der Waals surface area (Å²) in [4.78, 5) is 0. The SMILES string of the molecule is CCCOC1O[C@H](CO)[C@@H](O)[C@@H]1O. The van der Waals surface area contributed by atoms with Gasteiger partial charge in [0.1, 0.15) is 18.3 Å². The van der Waals surface area contributed by atoms with E-state index in [2.05, 4.69) is 0 Å². The van der Waals surface area contributed by atoms with E-state index in [-0.39, 0.29) is 6.61 Å².